The Labute approximate surface area is 81.4 Å². The number of hydrogen-bond acceptors (Lipinski definition) is 3. The highest BCUT2D eigenvalue weighted by Gasteiger charge is 2.07. The van der Waals surface area contributed by atoms with Crippen molar-refractivity contribution in [2.24, 2.45) is 5.92 Å². The predicted octanol–water partition coefficient (Wildman–Crippen LogP) is 2.30. The van der Waals surface area contributed by atoms with Gasteiger partial charge < -0.3 is 0 Å². The molecule has 0 aromatic carbocycles. The Kier molecular flexibility index (Phi) is 2.07. The van der Waals surface area contributed by atoms with Crippen molar-refractivity contribution in [1.82, 2.24) is 14.6 Å². The first-order chi connectivity index (χ1) is 6.15. The van der Waals surface area contributed by atoms with Crippen LogP contribution in [0.2, 0.25) is 0 Å². The molecule has 4 heteroatoms. The Bertz CT molecular complexity index is 382. The summed E-state index contributed by atoms with van der Waals surface area (Å²) in [4.78, 5) is 5.37. The number of rotatable bonds is 2. The number of nitrogens with zero attached hydrogens (tertiary/aromatic N) is 3. The number of aryl methyl sites for hydroxylation is 1. The van der Waals surface area contributed by atoms with Crippen LogP contribution in [0.4, 0.5) is 0 Å². The second-order valence-corrected chi connectivity index (χ2v) is 4.74. The van der Waals surface area contributed by atoms with Crippen molar-refractivity contribution in [3.05, 3.63) is 16.9 Å². The Hall–Kier alpha value is -0.900. The van der Waals surface area contributed by atoms with E-state index in [9.17, 15) is 0 Å². The van der Waals surface area contributed by atoms with Crippen molar-refractivity contribution in [2.45, 2.75) is 27.2 Å². The molecule has 2 heterocycles. The minimum absolute atomic E-state index is 0.664. The first-order valence-electron chi connectivity index (χ1n) is 4.47. The fourth-order valence-electron chi connectivity index (χ4n) is 1.28. The molecule has 0 bridgehead atoms. The molecule has 0 amide bonds. The van der Waals surface area contributed by atoms with E-state index in [1.807, 2.05) is 17.6 Å². The van der Waals surface area contributed by atoms with Crippen molar-refractivity contribution in [1.29, 1.82) is 0 Å². The topological polar surface area (TPSA) is 30.2 Å². The Morgan fingerprint density at radius 2 is 2.31 bits per heavy atom. The standard InChI is InChI=1S/C9H13N3S/c1-6(2)4-8-11-12-5-7(3)10-9(12)13-8/h5-6H,4H2,1-3H3. The van der Waals surface area contributed by atoms with Crippen LogP contribution in [0.3, 0.4) is 0 Å². The molecule has 0 aliphatic heterocycles. The summed E-state index contributed by atoms with van der Waals surface area (Å²) in [6.45, 7) is 6.40. The van der Waals surface area contributed by atoms with Gasteiger partial charge in [-0.05, 0) is 12.8 Å². The van der Waals surface area contributed by atoms with Gasteiger partial charge in [0.1, 0.15) is 5.01 Å². The molecule has 0 saturated carbocycles. The summed E-state index contributed by atoms with van der Waals surface area (Å²) in [5, 5.41) is 5.62. The lowest BCUT2D eigenvalue weighted by Gasteiger charge is -1.97. The Balaban J connectivity index is 2.34. The van der Waals surface area contributed by atoms with Crippen molar-refractivity contribution in [3.8, 4) is 0 Å². The number of fused-ring (bicyclic) bond motifs is 1. The maximum atomic E-state index is 4.45. The number of hydrogen-bond donors (Lipinski definition) is 0. The van der Waals surface area contributed by atoms with E-state index in [4.69, 9.17) is 0 Å². The van der Waals surface area contributed by atoms with E-state index < -0.39 is 0 Å². The highest BCUT2D eigenvalue weighted by atomic mass is 32.1. The van der Waals surface area contributed by atoms with Crippen molar-refractivity contribution < 1.29 is 0 Å². The summed E-state index contributed by atoms with van der Waals surface area (Å²) >= 11 is 1.69. The summed E-state index contributed by atoms with van der Waals surface area (Å²) in [7, 11) is 0. The van der Waals surface area contributed by atoms with E-state index in [2.05, 4.69) is 23.9 Å². The van der Waals surface area contributed by atoms with Gasteiger partial charge in [0.15, 0.2) is 0 Å². The SMILES string of the molecule is Cc1cn2nc(CC(C)C)sc2n1. The largest absolute Gasteiger partial charge is 0.223 e. The monoisotopic (exact) mass is 195 g/mol. The molecule has 0 aliphatic rings. The van der Waals surface area contributed by atoms with E-state index in [0.717, 1.165) is 17.1 Å². The van der Waals surface area contributed by atoms with Gasteiger partial charge in [0.2, 0.25) is 4.96 Å². The number of aromatic nitrogens is 3. The first-order valence-corrected chi connectivity index (χ1v) is 5.28. The molecule has 0 aliphatic carbocycles. The van der Waals surface area contributed by atoms with E-state index in [-0.39, 0.29) is 0 Å². The summed E-state index contributed by atoms with van der Waals surface area (Å²) in [6, 6.07) is 0. The van der Waals surface area contributed by atoms with Gasteiger partial charge in [-0.3, -0.25) is 0 Å². The van der Waals surface area contributed by atoms with Gasteiger partial charge in [0.25, 0.3) is 0 Å². The molecule has 3 nitrogen and oxygen atoms in total. The maximum absolute atomic E-state index is 4.45. The molecule has 70 valence electrons. The van der Waals surface area contributed by atoms with E-state index >= 15 is 0 Å². The van der Waals surface area contributed by atoms with Crippen LogP contribution < -0.4 is 0 Å². The van der Waals surface area contributed by atoms with Gasteiger partial charge in [-0.1, -0.05) is 25.2 Å². The van der Waals surface area contributed by atoms with Gasteiger partial charge in [0, 0.05) is 6.42 Å². The highest BCUT2D eigenvalue weighted by Crippen LogP contribution is 2.17. The average Bonchev–Trinajstić information content (AvgIpc) is 2.41. The van der Waals surface area contributed by atoms with Crippen LogP contribution in [-0.2, 0) is 6.42 Å². The van der Waals surface area contributed by atoms with Crippen molar-refractivity contribution >= 4 is 16.3 Å². The molecular formula is C9H13N3S. The lowest BCUT2D eigenvalue weighted by atomic mass is 10.1. The van der Waals surface area contributed by atoms with Gasteiger partial charge >= 0.3 is 0 Å². The normalized spacial score (nSPS) is 11.7. The zero-order chi connectivity index (χ0) is 9.42. The third kappa shape index (κ3) is 1.72. The molecule has 13 heavy (non-hydrogen) atoms. The Morgan fingerprint density at radius 3 is 2.92 bits per heavy atom. The van der Waals surface area contributed by atoms with Crippen LogP contribution in [0, 0.1) is 12.8 Å². The summed E-state index contributed by atoms with van der Waals surface area (Å²) < 4.78 is 1.87. The van der Waals surface area contributed by atoms with Gasteiger partial charge in [-0.25, -0.2) is 9.50 Å². The zero-order valence-corrected chi connectivity index (χ0v) is 8.93. The molecule has 0 saturated heterocycles. The Morgan fingerprint density at radius 1 is 1.54 bits per heavy atom. The van der Waals surface area contributed by atoms with E-state index in [1.54, 1.807) is 11.3 Å². The third-order valence-electron chi connectivity index (χ3n) is 1.79. The maximum Gasteiger partial charge on any atom is 0.212 e. The summed E-state index contributed by atoms with van der Waals surface area (Å²) in [5.41, 5.74) is 1.04. The molecule has 2 aromatic rings. The summed E-state index contributed by atoms with van der Waals surface area (Å²) in [5.74, 6) is 0.664. The van der Waals surface area contributed by atoms with Gasteiger partial charge in [0.05, 0.1) is 11.9 Å². The quantitative estimate of drug-likeness (QED) is 0.736. The lowest BCUT2D eigenvalue weighted by molar-refractivity contribution is 0.636. The molecule has 0 spiro atoms. The zero-order valence-electron chi connectivity index (χ0n) is 8.11. The second-order valence-electron chi connectivity index (χ2n) is 3.70. The molecule has 2 rings (SSSR count). The fraction of sp³-hybridized carbons (Fsp3) is 0.556. The van der Waals surface area contributed by atoms with Crippen LogP contribution in [-0.4, -0.2) is 14.6 Å². The lowest BCUT2D eigenvalue weighted by Crippen LogP contribution is -1.94. The molecule has 0 atom stereocenters. The predicted molar refractivity (Wildman–Crippen MR) is 54.1 cm³/mol. The van der Waals surface area contributed by atoms with E-state index in [1.165, 1.54) is 5.01 Å². The van der Waals surface area contributed by atoms with Crippen LogP contribution in [0.5, 0.6) is 0 Å². The van der Waals surface area contributed by atoms with E-state index in [0.29, 0.717) is 5.92 Å². The first kappa shape index (κ1) is 8.69. The molecule has 2 aromatic heterocycles. The van der Waals surface area contributed by atoms with Crippen molar-refractivity contribution in [3.63, 3.8) is 0 Å². The minimum atomic E-state index is 0.664. The van der Waals surface area contributed by atoms with Crippen LogP contribution >= 0.6 is 11.3 Å². The van der Waals surface area contributed by atoms with Crippen LogP contribution in [0.15, 0.2) is 6.20 Å². The molecule has 0 fully saturated rings. The molecular weight excluding hydrogens is 182 g/mol. The smallest absolute Gasteiger partial charge is 0.212 e. The fourth-order valence-corrected chi connectivity index (χ4v) is 2.41. The summed E-state index contributed by atoms with van der Waals surface area (Å²) in [6.07, 6.45) is 3.02. The average molecular weight is 195 g/mol. The van der Waals surface area contributed by atoms with Gasteiger partial charge in [-0.2, -0.15) is 5.10 Å². The molecule has 0 unspecified atom stereocenters. The molecule has 0 radical (unpaired) electrons. The second kappa shape index (κ2) is 3.10. The van der Waals surface area contributed by atoms with Crippen LogP contribution in [0.25, 0.3) is 4.96 Å². The number of imidazole rings is 1. The molecule has 0 N–H and O–H groups in total. The van der Waals surface area contributed by atoms with Gasteiger partial charge in [-0.15, -0.1) is 0 Å². The van der Waals surface area contributed by atoms with Crippen LogP contribution in [0.1, 0.15) is 24.5 Å². The highest BCUT2D eigenvalue weighted by molar-refractivity contribution is 7.16. The third-order valence-corrected chi connectivity index (χ3v) is 2.73. The minimum Gasteiger partial charge on any atom is -0.223 e. The van der Waals surface area contributed by atoms with Crippen molar-refractivity contribution in [2.75, 3.05) is 0 Å².